The third kappa shape index (κ3) is 5.10. The molecule has 0 aromatic heterocycles. The second-order valence-corrected chi connectivity index (χ2v) is 8.44. The van der Waals surface area contributed by atoms with Crippen LogP contribution < -0.4 is 4.74 Å². The average Bonchev–Trinajstić information content (AvgIpc) is 2.70. The average molecular weight is 423 g/mol. The molecule has 1 aliphatic heterocycles. The Hall–Kier alpha value is -3.21. The molecular weight excluding hydrogens is 392 g/mol. The van der Waals surface area contributed by atoms with Gasteiger partial charge in [-0.25, -0.2) is 0 Å². The summed E-state index contributed by atoms with van der Waals surface area (Å²) < 4.78 is 5.96. The van der Waals surface area contributed by atoms with E-state index in [1.807, 2.05) is 6.07 Å². The number of Topliss-reactive ketones (excluding diaryl/α,β-unsaturated/α-hetero) is 1. The molecule has 0 radical (unpaired) electrons. The van der Waals surface area contributed by atoms with Gasteiger partial charge in [0.15, 0.2) is 5.78 Å². The van der Waals surface area contributed by atoms with Crippen LogP contribution in [0.5, 0.6) is 23.0 Å². The van der Waals surface area contributed by atoms with Crippen LogP contribution in [0.1, 0.15) is 73.2 Å². The summed E-state index contributed by atoms with van der Waals surface area (Å²) >= 11 is 0. The predicted octanol–water partition coefficient (Wildman–Crippen LogP) is 6.05. The molecule has 1 unspecified atom stereocenters. The molecule has 0 amide bonds. The number of phenols is 3. The molecule has 0 saturated heterocycles. The van der Waals surface area contributed by atoms with E-state index in [0.29, 0.717) is 6.42 Å². The molecule has 0 bridgehead atoms. The maximum Gasteiger partial charge on any atom is 0.174 e. The monoisotopic (exact) mass is 422 g/mol. The van der Waals surface area contributed by atoms with E-state index in [1.54, 1.807) is 19.1 Å². The van der Waals surface area contributed by atoms with Gasteiger partial charge in [0.05, 0.1) is 6.42 Å². The zero-order chi connectivity index (χ0) is 22.7. The number of ketones is 1. The fourth-order valence-electron chi connectivity index (χ4n) is 3.69. The standard InChI is InChI=1S/C26H30O5/c1-15(2)6-5-7-16(3)8-9-18-12-19(10-11-20(18)27)23-14-22(29)25-24(31-23)13-21(28)17(4)26(25)30/h6,8,10-13,23,27-28,30H,5,7,9,14H2,1-4H3/b16-8+. The van der Waals surface area contributed by atoms with Gasteiger partial charge in [0, 0.05) is 11.6 Å². The number of hydrogen-bond donors (Lipinski definition) is 3. The third-order valence-electron chi connectivity index (χ3n) is 5.65. The molecule has 1 heterocycles. The molecule has 2 aromatic carbocycles. The maximum absolute atomic E-state index is 12.7. The zero-order valence-electron chi connectivity index (χ0n) is 18.5. The molecule has 0 fully saturated rings. The van der Waals surface area contributed by atoms with Crippen LogP contribution in [0.25, 0.3) is 0 Å². The Labute approximate surface area is 183 Å². The largest absolute Gasteiger partial charge is 0.508 e. The van der Waals surface area contributed by atoms with E-state index in [0.717, 1.165) is 24.0 Å². The van der Waals surface area contributed by atoms with Crippen LogP contribution in [-0.2, 0) is 6.42 Å². The Morgan fingerprint density at radius 2 is 1.84 bits per heavy atom. The number of rotatable bonds is 6. The molecule has 3 rings (SSSR count). The van der Waals surface area contributed by atoms with Crippen LogP contribution in [0.15, 0.2) is 47.6 Å². The Bertz CT molecular complexity index is 1060. The highest BCUT2D eigenvalue weighted by Gasteiger charge is 2.32. The number of allylic oxidation sites excluding steroid dienone is 4. The molecule has 1 aliphatic rings. The molecule has 0 saturated carbocycles. The molecule has 0 aliphatic carbocycles. The number of carbonyl (C=O) groups is 1. The minimum Gasteiger partial charge on any atom is -0.508 e. The van der Waals surface area contributed by atoms with E-state index in [2.05, 4.69) is 32.9 Å². The summed E-state index contributed by atoms with van der Waals surface area (Å²) in [6.07, 6.45) is 6.39. The van der Waals surface area contributed by atoms with Crippen molar-refractivity contribution in [2.45, 2.75) is 59.5 Å². The number of ether oxygens (including phenoxy) is 1. The lowest BCUT2D eigenvalue weighted by atomic mass is 9.92. The van der Waals surface area contributed by atoms with Gasteiger partial charge in [-0.2, -0.15) is 0 Å². The minimum atomic E-state index is -0.552. The summed E-state index contributed by atoms with van der Waals surface area (Å²) in [7, 11) is 0. The first-order valence-corrected chi connectivity index (χ1v) is 10.5. The van der Waals surface area contributed by atoms with Crippen molar-refractivity contribution in [3.05, 3.63) is 69.8 Å². The lowest BCUT2D eigenvalue weighted by Gasteiger charge is -2.27. The van der Waals surface area contributed by atoms with Crippen molar-refractivity contribution in [3.8, 4) is 23.0 Å². The van der Waals surface area contributed by atoms with Crippen molar-refractivity contribution < 1.29 is 24.9 Å². The predicted molar refractivity (Wildman–Crippen MR) is 121 cm³/mol. The van der Waals surface area contributed by atoms with Gasteiger partial charge in [0.2, 0.25) is 0 Å². The lowest BCUT2D eigenvalue weighted by Crippen LogP contribution is -2.21. The highest BCUT2D eigenvalue weighted by Crippen LogP contribution is 2.44. The summed E-state index contributed by atoms with van der Waals surface area (Å²) in [4.78, 5) is 12.7. The van der Waals surface area contributed by atoms with Gasteiger partial charge in [0.1, 0.15) is 34.7 Å². The lowest BCUT2D eigenvalue weighted by molar-refractivity contribution is 0.0844. The Morgan fingerprint density at radius 3 is 2.55 bits per heavy atom. The first-order valence-electron chi connectivity index (χ1n) is 10.5. The molecular formula is C26H30O5. The Kier molecular flexibility index (Phi) is 6.74. The molecule has 1 atom stereocenters. The summed E-state index contributed by atoms with van der Waals surface area (Å²) in [6.45, 7) is 7.80. The number of fused-ring (bicyclic) bond motifs is 1. The molecule has 164 valence electrons. The van der Waals surface area contributed by atoms with Crippen molar-refractivity contribution in [2.24, 2.45) is 0 Å². The first-order chi connectivity index (χ1) is 14.7. The summed E-state index contributed by atoms with van der Waals surface area (Å²) in [5.41, 5.74) is 4.45. The SMILES string of the molecule is CC(C)=CCC/C(C)=C/Cc1cc(C2CC(=O)c3c(cc(O)c(C)c3O)O2)ccc1O. The fourth-order valence-corrected chi connectivity index (χ4v) is 3.69. The molecule has 5 heteroatoms. The third-order valence-corrected chi connectivity index (χ3v) is 5.65. The van der Waals surface area contributed by atoms with Crippen LogP contribution in [0.2, 0.25) is 0 Å². The molecule has 0 spiro atoms. The Balaban J connectivity index is 1.80. The summed E-state index contributed by atoms with van der Waals surface area (Å²) in [5, 5.41) is 30.5. The fraction of sp³-hybridized carbons (Fsp3) is 0.346. The second kappa shape index (κ2) is 9.29. The van der Waals surface area contributed by atoms with Crippen molar-refractivity contribution in [1.29, 1.82) is 0 Å². The van der Waals surface area contributed by atoms with E-state index in [4.69, 9.17) is 4.74 Å². The van der Waals surface area contributed by atoms with Crippen LogP contribution in [0.4, 0.5) is 0 Å². The topological polar surface area (TPSA) is 87.0 Å². The molecule has 31 heavy (non-hydrogen) atoms. The van der Waals surface area contributed by atoms with Gasteiger partial charge < -0.3 is 20.1 Å². The second-order valence-electron chi connectivity index (χ2n) is 8.44. The smallest absolute Gasteiger partial charge is 0.174 e. The maximum atomic E-state index is 12.7. The highest BCUT2D eigenvalue weighted by molar-refractivity contribution is 6.03. The van der Waals surface area contributed by atoms with Gasteiger partial charge in [-0.15, -0.1) is 0 Å². The van der Waals surface area contributed by atoms with E-state index in [-0.39, 0.29) is 46.3 Å². The number of aromatic hydroxyl groups is 3. The van der Waals surface area contributed by atoms with E-state index in [9.17, 15) is 20.1 Å². The summed E-state index contributed by atoms with van der Waals surface area (Å²) in [6, 6.07) is 6.58. The van der Waals surface area contributed by atoms with Gasteiger partial charge >= 0.3 is 0 Å². The first kappa shape index (κ1) is 22.5. The summed E-state index contributed by atoms with van der Waals surface area (Å²) in [5.74, 6) is -0.225. The molecule has 5 nitrogen and oxygen atoms in total. The van der Waals surface area contributed by atoms with Gasteiger partial charge in [-0.1, -0.05) is 29.4 Å². The van der Waals surface area contributed by atoms with Crippen molar-refractivity contribution in [1.82, 2.24) is 0 Å². The number of hydrogen-bond acceptors (Lipinski definition) is 5. The molecule has 2 aromatic rings. The normalized spacial score (nSPS) is 15.9. The van der Waals surface area contributed by atoms with Crippen molar-refractivity contribution in [3.63, 3.8) is 0 Å². The number of benzene rings is 2. The van der Waals surface area contributed by atoms with E-state index < -0.39 is 6.10 Å². The zero-order valence-corrected chi connectivity index (χ0v) is 18.5. The quantitative estimate of drug-likeness (QED) is 0.493. The van der Waals surface area contributed by atoms with Gasteiger partial charge in [0.25, 0.3) is 0 Å². The van der Waals surface area contributed by atoms with Crippen LogP contribution in [-0.4, -0.2) is 21.1 Å². The molecule has 3 N–H and O–H groups in total. The highest BCUT2D eigenvalue weighted by atomic mass is 16.5. The van der Waals surface area contributed by atoms with E-state index >= 15 is 0 Å². The van der Waals surface area contributed by atoms with Crippen molar-refractivity contribution in [2.75, 3.05) is 0 Å². The van der Waals surface area contributed by atoms with Crippen LogP contribution >= 0.6 is 0 Å². The minimum absolute atomic E-state index is 0.0760. The number of carbonyl (C=O) groups excluding carboxylic acids is 1. The van der Waals surface area contributed by atoms with Crippen LogP contribution in [0, 0.1) is 6.92 Å². The van der Waals surface area contributed by atoms with Gasteiger partial charge in [-0.05, 0) is 70.2 Å². The van der Waals surface area contributed by atoms with Gasteiger partial charge in [-0.3, -0.25) is 4.79 Å². The van der Waals surface area contributed by atoms with Crippen LogP contribution in [0.3, 0.4) is 0 Å². The Morgan fingerprint density at radius 1 is 1.10 bits per heavy atom. The van der Waals surface area contributed by atoms with E-state index in [1.165, 1.54) is 17.2 Å². The number of phenolic OH excluding ortho intramolecular Hbond substituents is 3. The van der Waals surface area contributed by atoms with Crippen molar-refractivity contribution >= 4 is 5.78 Å².